The number of rotatable bonds is 3. The zero-order valence-electron chi connectivity index (χ0n) is 8.07. The van der Waals surface area contributed by atoms with Crippen molar-refractivity contribution in [3.63, 3.8) is 0 Å². The van der Waals surface area contributed by atoms with Gasteiger partial charge in [0.2, 0.25) is 0 Å². The van der Waals surface area contributed by atoms with Crippen LogP contribution in [-0.4, -0.2) is 19.5 Å². The van der Waals surface area contributed by atoms with Crippen molar-refractivity contribution in [2.24, 2.45) is 5.92 Å². The minimum atomic E-state index is 0.423. The van der Waals surface area contributed by atoms with E-state index in [0.717, 1.165) is 44.5 Å². The molecule has 1 aromatic heterocycles. The van der Waals surface area contributed by atoms with Crippen LogP contribution in [0.25, 0.3) is 0 Å². The highest BCUT2D eigenvalue weighted by molar-refractivity contribution is 5.70. The Bertz CT molecular complexity index is 297. The number of furan rings is 1. The van der Waals surface area contributed by atoms with Crippen LogP contribution in [0.3, 0.4) is 0 Å². The number of ether oxygens (including phenoxy) is 1. The van der Waals surface area contributed by atoms with Crippen LogP contribution in [0, 0.1) is 5.92 Å². The summed E-state index contributed by atoms with van der Waals surface area (Å²) in [5.74, 6) is 1.99. The second-order valence-corrected chi connectivity index (χ2v) is 3.68. The smallest absolute Gasteiger partial charge is 0.185 e. The molecule has 0 atom stereocenters. The van der Waals surface area contributed by atoms with Crippen LogP contribution in [0.2, 0.25) is 0 Å². The molecule has 1 aromatic rings. The molecular formula is C11H14O3. The first-order chi connectivity index (χ1) is 6.88. The highest BCUT2D eigenvalue weighted by Crippen LogP contribution is 2.20. The average molecular weight is 194 g/mol. The van der Waals surface area contributed by atoms with E-state index >= 15 is 0 Å². The Morgan fingerprint density at radius 2 is 2.14 bits per heavy atom. The monoisotopic (exact) mass is 194 g/mol. The molecule has 1 aliphatic rings. The van der Waals surface area contributed by atoms with Crippen LogP contribution in [0.5, 0.6) is 0 Å². The number of carbonyl (C=O) groups is 1. The highest BCUT2D eigenvalue weighted by Gasteiger charge is 2.15. The molecule has 1 fully saturated rings. The van der Waals surface area contributed by atoms with Crippen LogP contribution in [0.15, 0.2) is 16.5 Å². The molecule has 0 amide bonds. The van der Waals surface area contributed by atoms with Gasteiger partial charge < -0.3 is 9.15 Å². The maximum atomic E-state index is 10.4. The minimum Gasteiger partial charge on any atom is -0.458 e. The normalized spacial score (nSPS) is 18.3. The van der Waals surface area contributed by atoms with Crippen molar-refractivity contribution in [2.75, 3.05) is 13.2 Å². The number of aldehydes is 1. The van der Waals surface area contributed by atoms with E-state index < -0.39 is 0 Å². The molecular weight excluding hydrogens is 180 g/mol. The van der Waals surface area contributed by atoms with Crippen molar-refractivity contribution >= 4 is 6.29 Å². The van der Waals surface area contributed by atoms with Gasteiger partial charge in [0.1, 0.15) is 5.76 Å². The molecule has 14 heavy (non-hydrogen) atoms. The van der Waals surface area contributed by atoms with Gasteiger partial charge in [-0.05, 0) is 30.9 Å². The van der Waals surface area contributed by atoms with Gasteiger partial charge in [-0.3, -0.25) is 4.79 Å². The zero-order valence-corrected chi connectivity index (χ0v) is 8.07. The molecule has 2 heterocycles. The van der Waals surface area contributed by atoms with Gasteiger partial charge in [-0.1, -0.05) is 0 Å². The van der Waals surface area contributed by atoms with E-state index in [1.54, 1.807) is 6.07 Å². The summed E-state index contributed by atoms with van der Waals surface area (Å²) in [6.07, 6.45) is 3.86. The van der Waals surface area contributed by atoms with Crippen molar-refractivity contribution in [2.45, 2.75) is 19.3 Å². The molecule has 0 aromatic carbocycles. The zero-order chi connectivity index (χ0) is 9.80. The Morgan fingerprint density at radius 3 is 2.79 bits per heavy atom. The fourth-order valence-electron chi connectivity index (χ4n) is 1.80. The minimum absolute atomic E-state index is 0.423. The Morgan fingerprint density at radius 1 is 1.36 bits per heavy atom. The first-order valence-corrected chi connectivity index (χ1v) is 5.00. The van der Waals surface area contributed by atoms with E-state index in [1.807, 2.05) is 6.07 Å². The summed E-state index contributed by atoms with van der Waals surface area (Å²) in [4.78, 5) is 10.4. The second-order valence-electron chi connectivity index (χ2n) is 3.68. The standard InChI is InChI=1S/C11H14O3/c12-8-11-2-1-10(14-11)7-9-3-5-13-6-4-9/h1-2,8-9H,3-7H2. The lowest BCUT2D eigenvalue weighted by molar-refractivity contribution is 0.0649. The summed E-state index contributed by atoms with van der Waals surface area (Å²) in [7, 11) is 0. The number of carbonyl (C=O) groups excluding carboxylic acids is 1. The van der Waals surface area contributed by atoms with Gasteiger partial charge in [0.25, 0.3) is 0 Å². The third-order valence-corrected chi connectivity index (χ3v) is 2.63. The van der Waals surface area contributed by atoms with E-state index in [1.165, 1.54) is 0 Å². The lowest BCUT2D eigenvalue weighted by Crippen LogP contribution is -2.17. The maximum absolute atomic E-state index is 10.4. The molecule has 3 nitrogen and oxygen atoms in total. The predicted octanol–water partition coefficient (Wildman–Crippen LogP) is 2.06. The molecule has 76 valence electrons. The molecule has 0 unspecified atom stereocenters. The quantitative estimate of drug-likeness (QED) is 0.691. The van der Waals surface area contributed by atoms with E-state index in [0.29, 0.717) is 11.7 Å². The maximum Gasteiger partial charge on any atom is 0.185 e. The largest absolute Gasteiger partial charge is 0.458 e. The van der Waals surface area contributed by atoms with Gasteiger partial charge in [0.05, 0.1) is 0 Å². The first kappa shape index (κ1) is 9.46. The van der Waals surface area contributed by atoms with Gasteiger partial charge >= 0.3 is 0 Å². The highest BCUT2D eigenvalue weighted by atomic mass is 16.5. The summed E-state index contributed by atoms with van der Waals surface area (Å²) in [6, 6.07) is 3.61. The van der Waals surface area contributed by atoms with E-state index in [9.17, 15) is 4.79 Å². The molecule has 1 aliphatic heterocycles. The van der Waals surface area contributed by atoms with E-state index in [2.05, 4.69) is 0 Å². The summed E-state index contributed by atoms with van der Waals surface area (Å²) < 4.78 is 10.6. The lowest BCUT2D eigenvalue weighted by Gasteiger charge is -2.20. The Kier molecular flexibility index (Phi) is 2.99. The molecule has 1 saturated heterocycles. The van der Waals surface area contributed by atoms with Gasteiger partial charge in [-0.2, -0.15) is 0 Å². The Labute approximate surface area is 83.0 Å². The van der Waals surface area contributed by atoms with Crippen molar-refractivity contribution < 1.29 is 13.9 Å². The molecule has 0 spiro atoms. The Balaban J connectivity index is 1.92. The van der Waals surface area contributed by atoms with Crippen molar-refractivity contribution in [3.8, 4) is 0 Å². The van der Waals surface area contributed by atoms with Crippen LogP contribution in [0.1, 0.15) is 29.2 Å². The van der Waals surface area contributed by atoms with Crippen LogP contribution >= 0.6 is 0 Å². The van der Waals surface area contributed by atoms with Crippen molar-refractivity contribution in [1.29, 1.82) is 0 Å². The van der Waals surface area contributed by atoms with Crippen LogP contribution < -0.4 is 0 Å². The SMILES string of the molecule is O=Cc1ccc(CC2CCOCC2)o1. The molecule has 2 rings (SSSR count). The summed E-state index contributed by atoms with van der Waals surface area (Å²) >= 11 is 0. The predicted molar refractivity (Wildman–Crippen MR) is 51.3 cm³/mol. The fourth-order valence-corrected chi connectivity index (χ4v) is 1.80. The molecule has 0 saturated carbocycles. The van der Waals surface area contributed by atoms with Gasteiger partial charge in [-0.15, -0.1) is 0 Å². The average Bonchev–Trinajstić information content (AvgIpc) is 2.67. The summed E-state index contributed by atoms with van der Waals surface area (Å²) in [5.41, 5.74) is 0. The molecule has 0 aliphatic carbocycles. The first-order valence-electron chi connectivity index (χ1n) is 5.00. The molecule has 0 N–H and O–H groups in total. The van der Waals surface area contributed by atoms with Crippen molar-refractivity contribution in [3.05, 3.63) is 23.7 Å². The van der Waals surface area contributed by atoms with Gasteiger partial charge in [0, 0.05) is 19.6 Å². The second kappa shape index (κ2) is 4.42. The van der Waals surface area contributed by atoms with Gasteiger partial charge in [0.15, 0.2) is 12.0 Å². The summed E-state index contributed by atoms with van der Waals surface area (Å²) in [6.45, 7) is 1.71. The topological polar surface area (TPSA) is 39.4 Å². The molecule has 0 bridgehead atoms. The van der Waals surface area contributed by atoms with Crippen LogP contribution in [0.4, 0.5) is 0 Å². The van der Waals surface area contributed by atoms with Gasteiger partial charge in [-0.25, -0.2) is 0 Å². The van der Waals surface area contributed by atoms with E-state index in [4.69, 9.17) is 9.15 Å². The van der Waals surface area contributed by atoms with Crippen molar-refractivity contribution in [1.82, 2.24) is 0 Å². The van der Waals surface area contributed by atoms with E-state index in [-0.39, 0.29) is 0 Å². The third kappa shape index (κ3) is 2.23. The molecule has 3 heteroatoms. The fraction of sp³-hybridized carbons (Fsp3) is 0.545. The van der Waals surface area contributed by atoms with Crippen LogP contribution in [-0.2, 0) is 11.2 Å². The Hall–Kier alpha value is -1.09. The summed E-state index contributed by atoms with van der Waals surface area (Å²) in [5, 5.41) is 0. The lowest BCUT2D eigenvalue weighted by atomic mass is 9.95. The molecule has 0 radical (unpaired) electrons. The third-order valence-electron chi connectivity index (χ3n) is 2.63. The number of hydrogen-bond acceptors (Lipinski definition) is 3. The number of hydrogen-bond donors (Lipinski definition) is 0.